The van der Waals surface area contributed by atoms with Crippen LogP contribution in [0.25, 0.3) is 22.6 Å². The molecule has 36 heavy (non-hydrogen) atoms. The first-order valence-corrected chi connectivity index (χ1v) is 14.3. The minimum atomic E-state index is -3.55. The Hall–Kier alpha value is -2.93. The molecule has 0 spiro atoms. The lowest BCUT2D eigenvalue weighted by atomic mass is 10.1. The van der Waals surface area contributed by atoms with Gasteiger partial charge in [0.05, 0.1) is 16.3 Å². The molecule has 3 aromatic carbocycles. The molecule has 1 heterocycles. The Bertz CT molecular complexity index is 1350. The number of sulfonamides is 1. The highest BCUT2D eigenvalue weighted by molar-refractivity contribution is 7.89. The van der Waals surface area contributed by atoms with Crippen LogP contribution in [0.5, 0.6) is 0 Å². The lowest BCUT2D eigenvalue weighted by Crippen LogP contribution is -2.25. The van der Waals surface area contributed by atoms with E-state index in [4.69, 9.17) is 16.6 Å². The summed E-state index contributed by atoms with van der Waals surface area (Å²) in [5, 5.41) is 0.673. The Balaban J connectivity index is 1.41. The van der Waals surface area contributed by atoms with Crippen molar-refractivity contribution in [2.24, 2.45) is 0 Å². The van der Waals surface area contributed by atoms with E-state index >= 15 is 0 Å². The summed E-state index contributed by atoms with van der Waals surface area (Å²) in [5.74, 6) is 0.787. The minimum Gasteiger partial charge on any atom is -0.338 e. The highest BCUT2D eigenvalue weighted by Gasteiger charge is 2.16. The van der Waals surface area contributed by atoms with Crippen LogP contribution < -0.4 is 4.72 Å². The van der Waals surface area contributed by atoms with Gasteiger partial charge in [0, 0.05) is 17.1 Å². The van der Waals surface area contributed by atoms with Gasteiger partial charge in [-0.25, -0.2) is 18.1 Å². The number of nitrogens with one attached hydrogen (secondary N) is 2. The van der Waals surface area contributed by atoms with Crippen molar-refractivity contribution in [3.63, 3.8) is 0 Å². The molecular formula is C29H32ClN3O2S. The number of hydrogen-bond donors (Lipinski definition) is 2. The first-order valence-electron chi connectivity index (χ1n) is 12.4. The first kappa shape index (κ1) is 26.1. The van der Waals surface area contributed by atoms with E-state index in [9.17, 15) is 8.42 Å². The Labute approximate surface area is 219 Å². The molecular weight excluding hydrogens is 490 g/mol. The zero-order valence-electron chi connectivity index (χ0n) is 20.5. The molecule has 0 amide bonds. The average Bonchev–Trinajstić information content (AvgIpc) is 3.32. The van der Waals surface area contributed by atoms with Crippen molar-refractivity contribution >= 4 is 21.6 Å². The summed E-state index contributed by atoms with van der Waals surface area (Å²) in [6.45, 7) is 2.50. The molecule has 7 heteroatoms. The fourth-order valence-electron chi connectivity index (χ4n) is 4.14. The van der Waals surface area contributed by atoms with E-state index in [0.29, 0.717) is 29.3 Å². The summed E-state index contributed by atoms with van der Waals surface area (Å²) < 4.78 is 28.3. The molecule has 0 radical (unpaired) electrons. The Morgan fingerprint density at radius 3 is 2.25 bits per heavy atom. The number of unbranched alkanes of at least 4 members (excludes halogenated alkanes) is 2. The molecule has 0 saturated carbocycles. The number of H-pyrrole nitrogens is 1. The van der Waals surface area contributed by atoms with Gasteiger partial charge >= 0.3 is 0 Å². The number of imidazole rings is 1. The molecule has 188 valence electrons. The molecule has 0 aliphatic carbocycles. The fourth-order valence-corrected chi connectivity index (χ4v) is 5.34. The topological polar surface area (TPSA) is 74.8 Å². The van der Waals surface area contributed by atoms with Crippen molar-refractivity contribution in [1.29, 1.82) is 0 Å². The van der Waals surface area contributed by atoms with Gasteiger partial charge in [0.2, 0.25) is 10.0 Å². The third kappa shape index (κ3) is 6.84. The largest absolute Gasteiger partial charge is 0.338 e. The van der Waals surface area contributed by atoms with Gasteiger partial charge in [-0.3, -0.25) is 0 Å². The van der Waals surface area contributed by atoms with E-state index in [1.54, 1.807) is 12.1 Å². The van der Waals surface area contributed by atoms with Crippen molar-refractivity contribution in [3.05, 3.63) is 95.1 Å². The van der Waals surface area contributed by atoms with Gasteiger partial charge in [-0.2, -0.15) is 0 Å². The van der Waals surface area contributed by atoms with Crippen LogP contribution in [0.3, 0.4) is 0 Å². The summed E-state index contributed by atoms with van der Waals surface area (Å²) in [5.41, 5.74) is 4.98. The minimum absolute atomic E-state index is 0.301. The number of benzene rings is 3. The molecule has 0 atom stereocenters. The summed E-state index contributed by atoms with van der Waals surface area (Å²) in [6.07, 6.45) is 5.70. The molecule has 0 saturated heterocycles. The summed E-state index contributed by atoms with van der Waals surface area (Å²) in [6, 6.07) is 24.8. The van der Waals surface area contributed by atoms with Crippen molar-refractivity contribution in [1.82, 2.24) is 14.7 Å². The number of aromatic amines is 1. The van der Waals surface area contributed by atoms with Crippen LogP contribution in [0.2, 0.25) is 5.02 Å². The van der Waals surface area contributed by atoms with Gasteiger partial charge in [-0.1, -0.05) is 86.0 Å². The van der Waals surface area contributed by atoms with Gasteiger partial charge in [0.25, 0.3) is 0 Å². The smallest absolute Gasteiger partial charge is 0.240 e. The summed E-state index contributed by atoms with van der Waals surface area (Å²) >= 11 is 6.08. The maximum absolute atomic E-state index is 12.8. The molecule has 4 aromatic rings. The molecule has 0 aliphatic heterocycles. The van der Waals surface area contributed by atoms with Gasteiger partial charge in [-0.15, -0.1) is 0 Å². The van der Waals surface area contributed by atoms with Crippen LogP contribution in [0, 0.1) is 0 Å². The monoisotopic (exact) mass is 521 g/mol. The Morgan fingerprint density at radius 1 is 0.833 bits per heavy atom. The lowest BCUT2D eigenvalue weighted by molar-refractivity contribution is 0.578. The van der Waals surface area contributed by atoms with Crippen LogP contribution in [0.15, 0.2) is 83.8 Å². The molecule has 1 aromatic heterocycles. The second kappa shape index (κ2) is 12.3. The van der Waals surface area contributed by atoms with Gasteiger partial charge in [0.1, 0.15) is 5.82 Å². The second-order valence-corrected chi connectivity index (χ2v) is 11.1. The number of rotatable bonds is 12. The highest BCUT2D eigenvalue weighted by atomic mass is 35.5. The normalized spacial score (nSPS) is 11.6. The molecule has 4 rings (SSSR count). The molecule has 0 bridgehead atoms. The number of aryl methyl sites for hydroxylation is 2. The fraction of sp³-hybridized carbons (Fsp3) is 0.276. The summed E-state index contributed by atoms with van der Waals surface area (Å²) in [7, 11) is -3.55. The molecule has 2 N–H and O–H groups in total. The third-order valence-electron chi connectivity index (χ3n) is 6.14. The Morgan fingerprint density at radius 2 is 1.56 bits per heavy atom. The number of nitrogens with zero attached hydrogens (tertiary/aromatic N) is 1. The number of aromatic nitrogens is 2. The van der Waals surface area contributed by atoms with E-state index in [0.717, 1.165) is 41.2 Å². The zero-order chi connectivity index (χ0) is 25.4. The van der Waals surface area contributed by atoms with Crippen LogP contribution in [-0.4, -0.2) is 24.9 Å². The van der Waals surface area contributed by atoms with Gasteiger partial charge in [-0.05, 0) is 61.1 Å². The van der Waals surface area contributed by atoms with Crippen LogP contribution in [0.1, 0.15) is 43.9 Å². The molecule has 0 fully saturated rings. The maximum Gasteiger partial charge on any atom is 0.240 e. The standard InChI is InChI=1S/C29H32ClN3O2S/c1-2-3-5-9-22-13-19-26(20-14-22)36(34,35)31-21-8-12-27-28(23-15-17-25(30)18-16-23)33-29(32-27)24-10-6-4-7-11-24/h4,6-7,10-11,13-20,31H,2-3,5,8-9,12,21H2,1H3,(H,32,33). The van der Waals surface area contributed by atoms with Gasteiger partial charge < -0.3 is 4.98 Å². The van der Waals surface area contributed by atoms with Crippen molar-refractivity contribution in [2.45, 2.75) is 50.3 Å². The SMILES string of the molecule is CCCCCc1ccc(S(=O)(=O)NCCCc2nc(-c3ccccc3)[nH]c2-c2ccc(Cl)cc2)cc1. The van der Waals surface area contributed by atoms with Gasteiger partial charge in [0.15, 0.2) is 0 Å². The number of halogens is 1. The van der Waals surface area contributed by atoms with E-state index in [1.165, 1.54) is 18.4 Å². The van der Waals surface area contributed by atoms with E-state index in [1.807, 2.05) is 66.7 Å². The predicted molar refractivity (Wildman–Crippen MR) is 148 cm³/mol. The van der Waals surface area contributed by atoms with Crippen LogP contribution >= 0.6 is 11.6 Å². The highest BCUT2D eigenvalue weighted by Crippen LogP contribution is 2.28. The zero-order valence-corrected chi connectivity index (χ0v) is 22.1. The van der Waals surface area contributed by atoms with E-state index in [2.05, 4.69) is 16.6 Å². The average molecular weight is 522 g/mol. The maximum atomic E-state index is 12.8. The first-order chi connectivity index (χ1) is 17.5. The van der Waals surface area contributed by atoms with Crippen molar-refractivity contribution in [2.75, 3.05) is 6.54 Å². The quantitative estimate of drug-likeness (QED) is 0.196. The van der Waals surface area contributed by atoms with Crippen LogP contribution in [-0.2, 0) is 22.9 Å². The number of hydrogen-bond acceptors (Lipinski definition) is 3. The van der Waals surface area contributed by atoms with E-state index < -0.39 is 10.0 Å². The van der Waals surface area contributed by atoms with Crippen molar-refractivity contribution < 1.29 is 8.42 Å². The van der Waals surface area contributed by atoms with Crippen molar-refractivity contribution in [3.8, 4) is 22.6 Å². The Kier molecular flexibility index (Phi) is 8.97. The van der Waals surface area contributed by atoms with Crippen LogP contribution in [0.4, 0.5) is 0 Å². The third-order valence-corrected chi connectivity index (χ3v) is 7.87. The molecule has 0 unspecified atom stereocenters. The molecule has 0 aliphatic rings. The van der Waals surface area contributed by atoms with E-state index in [-0.39, 0.29) is 0 Å². The molecule has 5 nitrogen and oxygen atoms in total. The predicted octanol–water partition coefficient (Wildman–Crippen LogP) is 7.04. The summed E-state index contributed by atoms with van der Waals surface area (Å²) in [4.78, 5) is 8.59. The second-order valence-electron chi connectivity index (χ2n) is 8.88. The lowest BCUT2D eigenvalue weighted by Gasteiger charge is -2.08.